The van der Waals surface area contributed by atoms with Gasteiger partial charge in [0.1, 0.15) is 5.01 Å². The lowest BCUT2D eigenvalue weighted by atomic mass is 10.1. The molecule has 3 aromatic heterocycles. The van der Waals surface area contributed by atoms with E-state index >= 15 is 0 Å². The van der Waals surface area contributed by atoms with Crippen LogP contribution in [0.2, 0.25) is 0 Å². The molecule has 4 rings (SSSR count). The van der Waals surface area contributed by atoms with Crippen LogP contribution < -0.4 is 5.32 Å². The number of hydrogen-bond donors (Lipinski definition) is 1. The Bertz CT molecular complexity index is 1230. The van der Waals surface area contributed by atoms with Crippen molar-refractivity contribution in [2.24, 2.45) is 0 Å². The minimum absolute atomic E-state index is 0.187. The van der Waals surface area contributed by atoms with Crippen molar-refractivity contribution in [3.05, 3.63) is 57.9 Å². The van der Waals surface area contributed by atoms with E-state index in [0.717, 1.165) is 41.2 Å². The Hall–Kier alpha value is -2.85. The van der Waals surface area contributed by atoms with Crippen molar-refractivity contribution in [1.29, 1.82) is 0 Å². The molecule has 1 N–H and O–H groups in total. The zero-order valence-corrected chi connectivity index (χ0v) is 20.0. The molecule has 4 aromatic rings. The van der Waals surface area contributed by atoms with E-state index in [2.05, 4.69) is 37.5 Å². The largest absolute Gasteiger partial charge is 0.296 e. The third kappa shape index (κ3) is 5.31. The second kappa shape index (κ2) is 10.2. The van der Waals surface area contributed by atoms with Crippen LogP contribution in [0.4, 0.5) is 5.13 Å². The molecule has 0 bridgehead atoms. The predicted molar refractivity (Wildman–Crippen MR) is 127 cm³/mol. The summed E-state index contributed by atoms with van der Waals surface area (Å²) in [5, 5.41) is 17.9. The Kier molecular flexibility index (Phi) is 7.11. The number of thioether (sulfide) groups is 1. The Morgan fingerprint density at radius 2 is 2.00 bits per heavy atom. The SMILES string of the molecule is CCCCCc1nnc(NC(=O)c2ccccc2CSc2nc3nc(C)cc(C)n3n2)s1. The van der Waals surface area contributed by atoms with Gasteiger partial charge in [-0.05, 0) is 38.0 Å². The molecule has 166 valence electrons. The van der Waals surface area contributed by atoms with Crippen LogP contribution in [0.15, 0.2) is 35.5 Å². The van der Waals surface area contributed by atoms with Gasteiger partial charge in [0.2, 0.25) is 10.3 Å². The van der Waals surface area contributed by atoms with Gasteiger partial charge in [-0.3, -0.25) is 10.1 Å². The number of anilines is 1. The lowest BCUT2D eigenvalue weighted by molar-refractivity contribution is 0.102. The number of hydrogen-bond acceptors (Lipinski definition) is 8. The van der Waals surface area contributed by atoms with Crippen molar-refractivity contribution in [2.75, 3.05) is 5.32 Å². The first kappa shape index (κ1) is 22.3. The van der Waals surface area contributed by atoms with Crippen LogP contribution in [0.5, 0.6) is 0 Å². The van der Waals surface area contributed by atoms with Crippen molar-refractivity contribution >= 4 is 39.9 Å². The van der Waals surface area contributed by atoms with Gasteiger partial charge in [0.15, 0.2) is 0 Å². The first-order chi connectivity index (χ1) is 15.5. The van der Waals surface area contributed by atoms with Gasteiger partial charge in [-0.1, -0.05) is 61.1 Å². The van der Waals surface area contributed by atoms with Gasteiger partial charge in [0.05, 0.1) is 0 Å². The molecular formula is C22H25N7OS2. The lowest BCUT2D eigenvalue weighted by Gasteiger charge is -2.07. The van der Waals surface area contributed by atoms with Gasteiger partial charge < -0.3 is 0 Å². The standard InChI is InChI=1S/C22H25N7OS2/c1-4-5-6-11-18-26-27-21(32-18)24-19(30)17-10-8-7-9-16(17)13-31-22-25-20-23-14(2)12-15(3)29(20)28-22/h7-10,12H,4-6,11,13H2,1-3H3,(H,24,27,30). The summed E-state index contributed by atoms with van der Waals surface area (Å²) in [4.78, 5) is 21.9. The molecule has 0 saturated heterocycles. The summed E-state index contributed by atoms with van der Waals surface area (Å²) in [6.45, 7) is 6.09. The predicted octanol–water partition coefficient (Wildman–Crippen LogP) is 4.87. The Morgan fingerprint density at radius 3 is 2.84 bits per heavy atom. The highest BCUT2D eigenvalue weighted by Gasteiger charge is 2.15. The van der Waals surface area contributed by atoms with Crippen LogP contribution in [0.3, 0.4) is 0 Å². The monoisotopic (exact) mass is 467 g/mol. The summed E-state index contributed by atoms with van der Waals surface area (Å²) in [5.41, 5.74) is 3.41. The molecular weight excluding hydrogens is 442 g/mol. The van der Waals surface area contributed by atoms with Crippen LogP contribution in [0.25, 0.3) is 5.78 Å². The molecule has 0 unspecified atom stereocenters. The molecule has 1 aromatic carbocycles. The van der Waals surface area contributed by atoms with Gasteiger partial charge in [-0.15, -0.1) is 15.3 Å². The fourth-order valence-electron chi connectivity index (χ4n) is 3.31. The van der Waals surface area contributed by atoms with Gasteiger partial charge in [0, 0.05) is 29.1 Å². The number of unbranched alkanes of at least 4 members (excludes halogenated alkanes) is 2. The maximum Gasteiger partial charge on any atom is 0.257 e. The molecule has 3 heterocycles. The van der Waals surface area contributed by atoms with Gasteiger partial charge in [-0.25, -0.2) is 9.50 Å². The van der Waals surface area contributed by atoms with Crippen LogP contribution >= 0.6 is 23.1 Å². The molecule has 8 nitrogen and oxygen atoms in total. The zero-order valence-electron chi connectivity index (χ0n) is 18.3. The highest BCUT2D eigenvalue weighted by Crippen LogP contribution is 2.24. The summed E-state index contributed by atoms with van der Waals surface area (Å²) in [5.74, 6) is 0.965. The average molecular weight is 468 g/mol. The molecule has 0 radical (unpaired) electrons. The first-order valence-corrected chi connectivity index (χ1v) is 12.4. The van der Waals surface area contributed by atoms with Gasteiger partial charge in [0.25, 0.3) is 11.7 Å². The second-order valence-electron chi connectivity index (χ2n) is 7.50. The second-order valence-corrected chi connectivity index (χ2v) is 9.51. The number of nitrogens with one attached hydrogen (secondary N) is 1. The molecule has 0 aliphatic rings. The number of amides is 1. The third-order valence-electron chi connectivity index (χ3n) is 4.90. The van der Waals surface area contributed by atoms with Gasteiger partial charge in [-0.2, -0.15) is 4.98 Å². The number of fused-ring (bicyclic) bond motifs is 1. The van der Waals surface area contributed by atoms with Gasteiger partial charge >= 0.3 is 0 Å². The fourth-order valence-corrected chi connectivity index (χ4v) is 4.91. The highest BCUT2D eigenvalue weighted by molar-refractivity contribution is 7.98. The van der Waals surface area contributed by atoms with Crippen LogP contribution in [-0.2, 0) is 12.2 Å². The number of carbonyl (C=O) groups excluding carboxylic acids is 1. The van der Waals surface area contributed by atoms with Crippen LogP contribution in [-0.4, -0.2) is 35.7 Å². The molecule has 10 heteroatoms. The molecule has 0 spiro atoms. The number of benzene rings is 1. The number of aromatic nitrogens is 6. The van der Waals surface area contributed by atoms with Crippen molar-refractivity contribution in [2.45, 2.75) is 57.4 Å². The van der Waals surface area contributed by atoms with Crippen molar-refractivity contribution in [1.82, 2.24) is 29.8 Å². The molecule has 0 fully saturated rings. The molecule has 32 heavy (non-hydrogen) atoms. The van der Waals surface area contributed by atoms with E-state index in [1.807, 2.05) is 44.2 Å². The number of nitrogens with zero attached hydrogens (tertiary/aromatic N) is 6. The van der Waals surface area contributed by atoms with E-state index < -0.39 is 0 Å². The van der Waals surface area contributed by atoms with Crippen molar-refractivity contribution < 1.29 is 4.79 Å². The van der Waals surface area contributed by atoms with E-state index in [1.165, 1.54) is 29.5 Å². The number of rotatable bonds is 9. The topological polar surface area (TPSA) is 98.0 Å². The van der Waals surface area contributed by atoms with E-state index in [1.54, 1.807) is 4.52 Å². The Morgan fingerprint density at radius 1 is 1.16 bits per heavy atom. The maximum atomic E-state index is 12.9. The van der Waals surface area contributed by atoms with E-state index in [9.17, 15) is 4.79 Å². The van der Waals surface area contributed by atoms with Crippen LogP contribution in [0.1, 0.15) is 58.5 Å². The summed E-state index contributed by atoms with van der Waals surface area (Å²) < 4.78 is 1.74. The van der Waals surface area contributed by atoms with E-state index in [0.29, 0.717) is 27.4 Å². The molecule has 0 saturated carbocycles. The van der Waals surface area contributed by atoms with E-state index in [-0.39, 0.29) is 5.91 Å². The van der Waals surface area contributed by atoms with Crippen LogP contribution in [0, 0.1) is 13.8 Å². The van der Waals surface area contributed by atoms with E-state index in [4.69, 9.17) is 0 Å². The summed E-state index contributed by atoms with van der Waals surface area (Å²) in [6, 6.07) is 9.52. The molecule has 1 amide bonds. The summed E-state index contributed by atoms with van der Waals surface area (Å²) >= 11 is 2.92. The first-order valence-electron chi connectivity index (χ1n) is 10.6. The maximum absolute atomic E-state index is 12.9. The Labute approximate surface area is 194 Å². The number of carbonyl (C=O) groups is 1. The minimum atomic E-state index is -0.187. The normalized spacial score (nSPS) is 11.2. The molecule has 0 aliphatic carbocycles. The van der Waals surface area contributed by atoms with Crippen molar-refractivity contribution in [3.63, 3.8) is 0 Å². The van der Waals surface area contributed by atoms with Crippen molar-refractivity contribution in [3.8, 4) is 0 Å². The minimum Gasteiger partial charge on any atom is -0.296 e. The summed E-state index contributed by atoms with van der Waals surface area (Å²) in [7, 11) is 0. The fraction of sp³-hybridized carbons (Fsp3) is 0.364. The number of aryl methyl sites for hydroxylation is 3. The highest BCUT2D eigenvalue weighted by atomic mass is 32.2. The quantitative estimate of drug-likeness (QED) is 0.277. The molecule has 0 atom stereocenters. The molecule has 0 aliphatic heterocycles. The smallest absolute Gasteiger partial charge is 0.257 e. The third-order valence-corrected chi connectivity index (χ3v) is 6.68. The zero-order chi connectivity index (χ0) is 22.5. The average Bonchev–Trinajstić information content (AvgIpc) is 3.39. The lowest BCUT2D eigenvalue weighted by Crippen LogP contribution is -2.13. The summed E-state index contributed by atoms with van der Waals surface area (Å²) in [6.07, 6.45) is 4.32. The Balaban J connectivity index is 1.43.